The number of rotatable bonds is 10. The maximum atomic E-state index is 6.18. The third-order valence-electron chi connectivity index (χ3n) is 3.42. The standard InChI is InChI=1S/C18H31NO2/c1-6-11-20-17-10-9-15(13-19-14(4)5)18(12-17)21-16(7-2)8-3/h9-10,12,14,16,19H,6-8,11,13H2,1-5H3. The highest BCUT2D eigenvalue weighted by Crippen LogP contribution is 2.27. The molecule has 0 aliphatic heterocycles. The summed E-state index contributed by atoms with van der Waals surface area (Å²) in [6, 6.07) is 6.64. The molecule has 120 valence electrons. The highest BCUT2D eigenvalue weighted by Gasteiger charge is 2.11. The first kappa shape index (κ1) is 17.8. The Morgan fingerprint density at radius 1 is 1.10 bits per heavy atom. The van der Waals surface area contributed by atoms with E-state index in [9.17, 15) is 0 Å². The van der Waals surface area contributed by atoms with Crippen LogP contribution in [0.4, 0.5) is 0 Å². The second-order valence-corrected chi connectivity index (χ2v) is 5.71. The van der Waals surface area contributed by atoms with Gasteiger partial charge in [-0.2, -0.15) is 0 Å². The van der Waals surface area contributed by atoms with Crippen molar-refractivity contribution in [3.05, 3.63) is 23.8 Å². The van der Waals surface area contributed by atoms with Crippen molar-refractivity contribution in [1.29, 1.82) is 0 Å². The van der Waals surface area contributed by atoms with Crippen LogP contribution in [0.1, 0.15) is 59.4 Å². The molecular formula is C18H31NO2. The van der Waals surface area contributed by atoms with Gasteiger partial charge in [0.1, 0.15) is 11.5 Å². The van der Waals surface area contributed by atoms with Crippen molar-refractivity contribution in [1.82, 2.24) is 5.32 Å². The number of hydrogen-bond acceptors (Lipinski definition) is 3. The maximum absolute atomic E-state index is 6.18. The van der Waals surface area contributed by atoms with Gasteiger partial charge in [-0.15, -0.1) is 0 Å². The normalized spacial score (nSPS) is 11.2. The zero-order chi connectivity index (χ0) is 15.7. The van der Waals surface area contributed by atoms with Crippen molar-refractivity contribution in [2.24, 2.45) is 0 Å². The Hall–Kier alpha value is -1.22. The smallest absolute Gasteiger partial charge is 0.127 e. The van der Waals surface area contributed by atoms with Crippen molar-refractivity contribution in [3.8, 4) is 11.5 Å². The lowest BCUT2D eigenvalue weighted by atomic mass is 10.1. The molecule has 21 heavy (non-hydrogen) atoms. The van der Waals surface area contributed by atoms with E-state index < -0.39 is 0 Å². The predicted molar refractivity (Wildman–Crippen MR) is 89.2 cm³/mol. The van der Waals surface area contributed by atoms with Gasteiger partial charge >= 0.3 is 0 Å². The molecule has 0 aliphatic carbocycles. The highest BCUT2D eigenvalue weighted by molar-refractivity contribution is 5.41. The van der Waals surface area contributed by atoms with Crippen LogP contribution in [0.3, 0.4) is 0 Å². The maximum Gasteiger partial charge on any atom is 0.127 e. The topological polar surface area (TPSA) is 30.5 Å². The molecule has 0 aromatic heterocycles. The van der Waals surface area contributed by atoms with Crippen LogP contribution >= 0.6 is 0 Å². The average molecular weight is 293 g/mol. The molecule has 0 saturated carbocycles. The lowest BCUT2D eigenvalue weighted by molar-refractivity contribution is 0.189. The van der Waals surface area contributed by atoms with Gasteiger partial charge in [0.15, 0.2) is 0 Å². The van der Waals surface area contributed by atoms with Gasteiger partial charge in [-0.3, -0.25) is 0 Å². The van der Waals surface area contributed by atoms with E-state index in [1.54, 1.807) is 0 Å². The predicted octanol–water partition coefficient (Wildman–Crippen LogP) is 4.54. The molecule has 3 nitrogen and oxygen atoms in total. The van der Waals surface area contributed by atoms with Crippen molar-refractivity contribution in [2.75, 3.05) is 6.61 Å². The van der Waals surface area contributed by atoms with Crippen LogP contribution in [0.15, 0.2) is 18.2 Å². The third-order valence-corrected chi connectivity index (χ3v) is 3.42. The molecular weight excluding hydrogens is 262 g/mol. The summed E-state index contributed by atoms with van der Waals surface area (Å²) in [5, 5.41) is 3.45. The molecule has 0 saturated heterocycles. The largest absolute Gasteiger partial charge is 0.493 e. The molecule has 1 aromatic carbocycles. The van der Waals surface area contributed by atoms with Gasteiger partial charge in [0.05, 0.1) is 12.7 Å². The second kappa shape index (κ2) is 9.67. The summed E-state index contributed by atoms with van der Waals surface area (Å²) in [7, 11) is 0. The van der Waals surface area contributed by atoms with E-state index in [2.05, 4.69) is 46.0 Å². The van der Waals surface area contributed by atoms with Gasteiger partial charge in [0.25, 0.3) is 0 Å². The minimum atomic E-state index is 0.268. The van der Waals surface area contributed by atoms with E-state index in [0.29, 0.717) is 6.04 Å². The summed E-state index contributed by atoms with van der Waals surface area (Å²) >= 11 is 0. The lowest BCUT2D eigenvalue weighted by Crippen LogP contribution is -2.23. The van der Waals surface area contributed by atoms with Crippen LogP contribution in [0, 0.1) is 0 Å². The Morgan fingerprint density at radius 3 is 2.38 bits per heavy atom. The zero-order valence-corrected chi connectivity index (χ0v) is 14.2. The summed E-state index contributed by atoms with van der Waals surface area (Å²) < 4.78 is 11.9. The highest BCUT2D eigenvalue weighted by atomic mass is 16.5. The molecule has 0 bridgehead atoms. The SMILES string of the molecule is CCCOc1ccc(CNC(C)C)c(OC(CC)CC)c1. The minimum Gasteiger partial charge on any atom is -0.493 e. The molecule has 1 rings (SSSR count). The summed E-state index contributed by atoms with van der Waals surface area (Å²) in [4.78, 5) is 0. The van der Waals surface area contributed by atoms with Crippen LogP contribution in [0.2, 0.25) is 0 Å². The van der Waals surface area contributed by atoms with Crippen LogP contribution < -0.4 is 14.8 Å². The van der Waals surface area contributed by atoms with Gasteiger partial charge < -0.3 is 14.8 Å². The van der Waals surface area contributed by atoms with Crippen molar-refractivity contribution in [3.63, 3.8) is 0 Å². The van der Waals surface area contributed by atoms with Crippen molar-refractivity contribution >= 4 is 0 Å². The quantitative estimate of drug-likeness (QED) is 0.687. The van der Waals surface area contributed by atoms with Crippen LogP contribution in [0.5, 0.6) is 11.5 Å². The van der Waals surface area contributed by atoms with Crippen LogP contribution in [0.25, 0.3) is 0 Å². The molecule has 1 N–H and O–H groups in total. The molecule has 0 atom stereocenters. The monoisotopic (exact) mass is 293 g/mol. The van der Waals surface area contributed by atoms with E-state index in [-0.39, 0.29) is 6.10 Å². The summed E-state index contributed by atoms with van der Waals surface area (Å²) in [6.07, 6.45) is 3.32. The Kier molecular flexibility index (Phi) is 8.21. The van der Waals surface area contributed by atoms with E-state index in [1.165, 1.54) is 5.56 Å². The first-order valence-electron chi connectivity index (χ1n) is 8.26. The molecule has 3 heteroatoms. The fourth-order valence-corrected chi connectivity index (χ4v) is 2.05. The fourth-order valence-electron chi connectivity index (χ4n) is 2.05. The van der Waals surface area contributed by atoms with Crippen LogP contribution in [-0.4, -0.2) is 18.8 Å². The Balaban J connectivity index is 2.88. The minimum absolute atomic E-state index is 0.268. The Labute approximate surface area is 130 Å². The van der Waals surface area contributed by atoms with E-state index in [4.69, 9.17) is 9.47 Å². The van der Waals surface area contributed by atoms with Gasteiger partial charge in [0.2, 0.25) is 0 Å². The average Bonchev–Trinajstić information content (AvgIpc) is 2.49. The van der Waals surface area contributed by atoms with Gasteiger partial charge in [-0.25, -0.2) is 0 Å². The number of benzene rings is 1. The number of hydrogen-bond donors (Lipinski definition) is 1. The summed E-state index contributed by atoms with van der Waals surface area (Å²) in [5.41, 5.74) is 1.19. The first-order valence-corrected chi connectivity index (χ1v) is 8.26. The number of nitrogens with one attached hydrogen (secondary N) is 1. The van der Waals surface area contributed by atoms with E-state index in [0.717, 1.165) is 43.9 Å². The molecule has 0 spiro atoms. The van der Waals surface area contributed by atoms with Gasteiger partial charge in [-0.05, 0) is 25.3 Å². The molecule has 0 amide bonds. The Morgan fingerprint density at radius 2 is 1.81 bits per heavy atom. The third kappa shape index (κ3) is 6.38. The molecule has 0 fully saturated rings. The van der Waals surface area contributed by atoms with Gasteiger partial charge in [0, 0.05) is 24.2 Å². The first-order chi connectivity index (χ1) is 10.1. The lowest BCUT2D eigenvalue weighted by Gasteiger charge is -2.20. The molecule has 0 radical (unpaired) electrons. The van der Waals surface area contributed by atoms with Gasteiger partial charge in [-0.1, -0.05) is 40.7 Å². The molecule has 1 aromatic rings. The fraction of sp³-hybridized carbons (Fsp3) is 0.667. The molecule has 0 aliphatic rings. The van der Waals surface area contributed by atoms with E-state index >= 15 is 0 Å². The molecule has 0 heterocycles. The second-order valence-electron chi connectivity index (χ2n) is 5.71. The van der Waals surface area contributed by atoms with Crippen LogP contribution in [-0.2, 0) is 6.54 Å². The number of ether oxygens (including phenoxy) is 2. The molecule has 0 unspecified atom stereocenters. The van der Waals surface area contributed by atoms with Crippen molar-refractivity contribution < 1.29 is 9.47 Å². The summed E-state index contributed by atoms with van der Waals surface area (Å²) in [5.74, 6) is 1.84. The van der Waals surface area contributed by atoms with Crippen molar-refractivity contribution in [2.45, 2.75) is 72.6 Å². The summed E-state index contributed by atoms with van der Waals surface area (Å²) in [6.45, 7) is 12.3. The zero-order valence-electron chi connectivity index (χ0n) is 14.2. The Bertz CT molecular complexity index is 400. The van der Waals surface area contributed by atoms with E-state index in [1.807, 2.05) is 12.1 Å².